The molecule has 18 heavy (non-hydrogen) atoms. The van der Waals surface area contributed by atoms with Crippen molar-refractivity contribution in [3.8, 4) is 0 Å². The van der Waals surface area contributed by atoms with Crippen LogP contribution in [0.5, 0.6) is 0 Å². The molecule has 0 radical (unpaired) electrons. The smallest absolute Gasteiger partial charge is 0.303 e. The maximum atomic E-state index is 11.5. The largest absolute Gasteiger partial charge is 0.481 e. The van der Waals surface area contributed by atoms with Crippen LogP contribution in [-0.4, -0.2) is 17.0 Å². The Labute approximate surface area is 106 Å². The van der Waals surface area contributed by atoms with Crippen LogP contribution in [-0.2, 0) is 16.0 Å². The maximum absolute atomic E-state index is 11.5. The normalized spacial score (nSPS) is 9.78. The Kier molecular flexibility index (Phi) is 5.64. The number of rotatable bonds is 7. The van der Waals surface area contributed by atoms with Gasteiger partial charge in [0.05, 0.1) is 0 Å². The lowest BCUT2D eigenvalue weighted by atomic mass is 10.1. The van der Waals surface area contributed by atoms with E-state index in [0.29, 0.717) is 24.9 Å². The second-order valence-electron chi connectivity index (χ2n) is 3.97. The molecule has 1 aromatic carbocycles. The van der Waals surface area contributed by atoms with Crippen molar-refractivity contribution >= 4 is 17.6 Å². The standard InChI is InChI=1S/C14H17NO3/c1-2-3-7-13(16)15-12-6-4-5-11(10-12)8-9-14(17)18/h2,4-6,10H,1,3,7-9H2,(H,15,16)(H,17,18). The highest BCUT2D eigenvalue weighted by atomic mass is 16.4. The predicted octanol–water partition coefficient (Wildman–Crippen LogP) is 2.61. The summed E-state index contributed by atoms with van der Waals surface area (Å²) in [4.78, 5) is 22.0. The Morgan fingerprint density at radius 1 is 1.33 bits per heavy atom. The zero-order valence-corrected chi connectivity index (χ0v) is 10.2. The van der Waals surface area contributed by atoms with Crippen molar-refractivity contribution in [2.24, 2.45) is 0 Å². The van der Waals surface area contributed by atoms with Crippen molar-refractivity contribution < 1.29 is 14.7 Å². The van der Waals surface area contributed by atoms with E-state index in [4.69, 9.17) is 5.11 Å². The number of anilines is 1. The molecule has 0 fully saturated rings. The van der Waals surface area contributed by atoms with Gasteiger partial charge in [0.2, 0.25) is 5.91 Å². The molecule has 1 rings (SSSR count). The van der Waals surface area contributed by atoms with Crippen molar-refractivity contribution in [1.82, 2.24) is 0 Å². The minimum atomic E-state index is -0.824. The van der Waals surface area contributed by atoms with Crippen LogP contribution in [0.3, 0.4) is 0 Å². The van der Waals surface area contributed by atoms with Crippen LogP contribution in [0.15, 0.2) is 36.9 Å². The molecular formula is C14H17NO3. The summed E-state index contributed by atoms with van der Waals surface area (Å²) in [6.07, 6.45) is 3.30. The quantitative estimate of drug-likeness (QED) is 0.728. The van der Waals surface area contributed by atoms with E-state index in [2.05, 4.69) is 11.9 Å². The van der Waals surface area contributed by atoms with Crippen LogP contribution in [0.4, 0.5) is 5.69 Å². The molecule has 0 bridgehead atoms. The van der Waals surface area contributed by atoms with Crippen LogP contribution in [0, 0.1) is 0 Å². The number of aryl methyl sites for hydroxylation is 1. The molecular weight excluding hydrogens is 230 g/mol. The molecule has 4 heteroatoms. The van der Waals surface area contributed by atoms with Gasteiger partial charge in [-0.3, -0.25) is 9.59 Å². The molecule has 0 saturated heterocycles. The van der Waals surface area contributed by atoms with Gasteiger partial charge in [0.1, 0.15) is 0 Å². The Bertz CT molecular complexity index is 440. The number of hydrogen-bond acceptors (Lipinski definition) is 2. The van der Waals surface area contributed by atoms with E-state index >= 15 is 0 Å². The van der Waals surface area contributed by atoms with E-state index in [-0.39, 0.29) is 12.3 Å². The van der Waals surface area contributed by atoms with E-state index in [1.54, 1.807) is 24.3 Å². The maximum Gasteiger partial charge on any atom is 0.303 e. The average Bonchev–Trinajstić information content (AvgIpc) is 2.34. The van der Waals surface area contributed by atoms with Crippen molar-refractivity contribution in [2.75, 3.05) is 5.32 Å². The number of carbonyl (C=O) groups is 2. The molecule has 4 nitrogen and oxygen atoms in total. The summed E-state index contributed by atoms with van der Waals surface area (Å²) in [5.41, 5.74) is 1.60. The Balaban J connectivity index is 2.55. The number of carboxylic acid groups (broad SMARTS) is 1. The van der Waals surface area contributed by atoms with Crippen molar-refractivity contribution in [3.05, 3.63) is 42.5 Å². The number of hydrogen-bond donors (Lipinski definition) is 2. The van der Waals surface area contributed by atoms with Crippen molar-refractivity contribution in [3.63, 3.8) is 0 Å². The molecule has 0 aromatic heterocycles. The lowest BCUT2D eigenvalue weighted by Gasteiger charge is -2.06. The summed E-state index contributed by atoms with van der Waals surface area (Å²) in [5, 5.41) is 11.4. The third-order valence-corrected chi connectivity index (χ3v) is 2.41. The summed E-state index contributed by atoms with van der Waals surface area (Å²) < 4.78 is 0. The zero-order valence-electron chi connectivity index (χ0n) is 10.2. The highest BCUT2D eigenvalue weighted by Gasteiger charge is 2.03. The molecule has 0 unspecified atom stereocenters. The predicted molar refractivity (Wildman–Crippen MR) is 70.5 cm³/mol. The van der Waals surface area contributed by atoms with Crippen LogP contribution in [0.2, 0.25) is 0 Å². The highest BCUT2D eigenvalue weighted by molar-refractivity contribution is 5.90. The van der Waals surface area contributed by atoms with E-state index in [1.165, 1.54) is 0 Å². The Morgan fingerprint density at radius 2 is 2.11 bits per heavy atom. The molecule has 0 heterocycles. The van der Waals surface area contributed by atoms with E-state index in [9.17, 15) is 9.59 Å². The number of allylic oxidation sites excluding steroid dienone is 1. The molecule has 1 amide bonds. The summed E-state index contributed by atoms with van der Waals surface area (Å²) in [6, 6.07) is 7.24. The lowest BCUT2D eigenvalue weighted by Crippen LogP contribution is -2.10. The fraction of sp³-hybridized carbons (Fsp3) is 0.286. The molecule has 0 atom stereocenters. The fourth-order valence-electron chi connectivity index (χ4n) is 1.51. The molecule has 0 spiro atoms. The number of carbonyl (C=O) groups excluding carboxylic acids is 1. The number of amides is 1. The third-order valence-electron chi connectivity index (χ3n) is 2.41. The minimum Gasteiger partial charge on any atom is -0.481 e. The van der Waals surface area contributed by atoms with Crippen LogP contribution >= 0.6 is 0 Å². The average molecular weight is 247 g/mol. The summed E-state index contributed by atoms with van der Waals surface area (Å²) in [5.74, 6) is -0.888. The monoisotopic (exact) mass is 247 g/mol. The van der Waals surface area contributed by atoms with Crippen molar-refractivity contribution in [1.29, 1.82) is 0 Å². The van der Waals surface area contributed by atoms with E-state index in [1.807, 2.05) is 6.07 Å². The second kappa shape index (κ2) is 7.27. The molecule has 0 aliphatic carbocycles. The van der Waals surface area contributed by atoms with Gasteiger partial charge in [-0.2, -0.15) is 0 Å². The lowest BCUT2D eigenvalue weighted by molar-refractivity contribution is -0.137. The highest BCUT2D eigenvalue weighted by Crippen LogP contribution is 2.13. The molecule has 96 valence electrons. The first-order valence-corrected chi connectivity index (χ1v) is 5.83. The van der Waals surface area contributed by atoms with Gasteiger partial charge in [0.15, 0.2) is 0 Å². The van der Waals surface area contributed by atoms with Gasteiger partial charge in [-0.1, -0.05) is 18.2 Å². The first-order valence-electron chi connectivity index (χ1n) is 5.83. The summed E-state index contributed by atoms with van der Waals surface area (Å²) in [6.45, 7) is 3.56. The molecule has 0 saturated carbocycles. The van der Waals surface area contributed by atoms with Gasteiger partial charge >= 0.3 is 5.97 Å². The third kappa shape index (κ3) is 5.30. The SMILES string of the molecule is C=CCCC(=O)Nc1cccc(CCC(=O)O)c1. The summed E-state index contributed by atoms with van der Waals surface area (Å²) >= 11 is 0. The van der Waals surface area contributed by atoms with E-state index in [0.717, 1.165) is 5.56 Å². The Morgan fingerprint density at radius 3 is 2.78 bits per heavy atom. The molecule has 2 N–H and O–H groups in total. The van der Waals surface area contributed by atoms with Crippen molar-refractivity contribution in [2.45, 2.75) is 25.7 Å². The zero-order chi connectivity index (χ0) is 13.4. The summed E-state index contributed by atoms with van der Waals surface area (Å²) in [7, 11) is 0. The Hall–Kier alpha value is -2.10. The number of aliphatic carboxylic acids is 1. The van der Waals surface area contributed by atoms with Gasteiger partial charge < -0.3 is 10.4 Å². The number of benzene rings is 1. The van der Waals surface area contributed by atoms with Crippen LogP contribution < -0.4 is 5.32 Å². The minimum absolute atomic E-state index is 0.0646. The van der Waals surface area contributed by atoms with Gasteiger partial charge in [0.25, 0.3) is 0 Å². The first-order chi connectivity index (χ1) is 8.61. The topological polar surface area (TPSA) is 66.4 Å². The van der Waals surface area contributed by atoms with Crippen LogP contribution in [0.25, 0.3) is 0 Å². The first kappa shape index (κ1) is 14.0. The molecule has 1 aromatic rings. The van der Waals surface area contributed by atoms with E-state index < -0.39 is 5.97 Å². The fourth-order valence-corrected chi connectivity index (χ4v) is 1.51. The molecule has 0 aliphatic heterocycles. The second-order valence-corrected chi connectivity index (χ2v) is 3.97. The van der Waals surface area contributed by atoms with Gasteiger partial charge in [-0.25, -0.2) is 0 Å². The van der Waals surface area contributed by atoms with Gasteiger partial charge in [-0.05, 0) is 30.5 Å². The number of carboxylic acids is 1. The van der Waals surface area contributed by atoms with Gasteiger partial charge in [-0.15, -0.1) is 6.58 Å². The molecule has 0 aliphatic rings. The van der Waals surface area contributed by atoms with Gasteiger partial charge in [0, 0.05) is 18.5 Å². The number of nitrogens with one attached hydrogen (secondary N) is 1. The van der Waals surface area contributed by atoms with Crippen LogP contribution in [0.1, 0.15) is 24.8 Å².